The van der Waals surface area contributed by atoms with E-state index in [2.05, 4.69) is 15.4 Å². The van der Waals surface area contributed by atoms with Gasteiger partial charge >= 0.3 is 18.2 Å². The van der Waals surface area contributed by atoms with Crippen LogP contribution in [-0.4, -0.2) is 38.9 Å². The minimum atomic E-state index is -4.81. The number of halogens is 3. The predicted octanol–water partition coefficient (Wildman–Crippen LogP) is 3.04. The van der Waals surface area contributed by atoms with E-state index in [1.807, 2.05) is 0 Å². The first kappa shape index (κ1) is 22.0. The molecule has 1 atom stereocenters. The summed E-state index contributed by atoms with van der Waals surface area (Å²) in [6.45, 7) is 0.0221. The number of ether oxygens (including phenoxy) is 3. The first-order valence-corrected chi connectivity index (χ1v) is 8.33. The van der Waals surface area contributed by atoms with E-state index in [9.17, 15) is 22.8 Å². The number of hydrogen-bond donors (Lipinski definition) is 2. The monoisotopic (exact) mass is 412 g/mol. The molecule has 0 bridgehead atoms. The summed E-state index contributed by atoms with van der Waals surface area (Å²) in [6, 6.07) is 11.4. The van der Waals surface area contributed by atoms with Gasteiger partial charge < -0.3 is 24.8 Å². The Labute approximate surface area is 164 Å². The minimum Gasteiger partial charge on any atom is -0.497 e. The molecule has 1 unspecified atom stereocenters. The number of anilines is 1. The van der Waals surface area contributed by atoms with E-state index in [1.54, 1.807) is 24.3 Å². The Morgan fingerprint density at radius 2 is 1.69 bits per heavy atom. The number of benzene rings is 2. The van der Waals surface area contributed by atoms with Crippen LogP contribution < -0.4 is 20.1 Å². The summed E-state index contributed by atoms with van der Waals surface area (Å²) in [4.78, 5) is 24.0. The number of amides is 2. The zero-order valence-corrected chi connectivity index (χ0v) is 15.6. The molecule has 0 aromatic heterocycles. The van der Waals surface area contributed by atoms with Crippen LogP contribution >= 0.6 is 0 Å². The molecule has 0 radical (unpaired) electrons. The van der Waals surface area contributed by atoms with Crippen molar-refractivity contribution in [1.82, 2.24) is 5.32 Å². The maximum absolute atomic E-state index is 12.1. The third kappa shape index (κ3) is 7.00. The van der Waals surface area contributed by atoms with E-state index in [1.165, 1.54) is 26.4 Å². The molecule has 29 heavy (non-hydrogen) atoms. The van der Waals surface area contributed by atoms with Gasteiger partial charge in [-0.2, -0.15) is 0 Å². The molecule has 0 aliphatic carbocycles. The highest BCUT2D eigenvalue weighted by Crippen LogP contribution is 2.24. The van der Waals surface area contributed by atoms with Crippen molar-refractivity contribution in [3.8, 4) is 11.5 Å². The predicted molar refractivity (Wildman–Crippen MR) is 97.5 cm³/mol. The van der Waals surface area contributed by atoms with Gasteiger partial charge in [0.2, 0.25) is 0 Å². The van der Waals surface area contributed by atoms with Crippen LogP contribution in [0.4, 0.5) is 18.9 Å². The molecule has 0 saturated heterocycles. The average Bonchev–Trinajstić information content (AvgIpc) is 2.68. The summed E-state index contributed by atoms with van der Waals surface area (Å²) in [5.74, 6) is -1.73. The zero-order valence-electron chi connectivity index (χ0n) is 15.6. The number of hydrogen-bond acceptors (Lipinski definition) is 5. The number of carbonyl (C=O) groups excluding carboxylic acids is 2. The van der Waals surface area contributed by atoms with Gasteiger partial charge in [0.15, 0.2) is 0 Å². The van der Waals surface area contributed by atoms with Crippen LogP contribution in [0.5, 0.6) is 11.5 Å². The van der Waals surface area contributed by atoms with Crippen LogP contribution in [0.25, 0.3) is 0 Å². The first-order valence-electron chi connectivity index (χ1n) is 8.33. The first-order chi connectivity index (χ1) is 13.7. The highest BCUT2D eigenvalue weighted by atomic mass is 19.4. The smallest absolute Gasteiger partial charge is 0.497 e. The molecule has 2 aromatic rings. The maximum Gasteiger partial charge on any atom is 0.573 e. The fraction of sp³-hybridized carbons (Fsp3) is 0.263. The summed E-state index contributed by atoms with van der Waals surface area (Å²) in [7, 11) is 2.98. The second kappa shape index (κ2) is 9.78. The van der Waals surface area contributed by atoms with E-state index in [-0.39, 0.29) is 12.2 Å². The van der Waals surface area contributed by atoms with Gasteiger partial charge in [-0.1, -0.05) is 12.1 Å². The molecule has 10 heteroatoms. The molecule has 0 spiro atoms. The Hall–Kier alpha value is -3.27. The van der Waals surface area contributed by atoms with Crippen molar-refractivity contribution in [2.75, 3.05) is 26.1 Å². The molecule has 0 aliphatic rings. The van der Waals surface area contributed by atoms with Crippen LogP contribution in [0.3, 0.4) is 0 Å². The Morgan fingerprint density at radius 1 is 1.00 bits per heavy atom. The lowest BCUT2D eigenvalue weighted by molar-refractivity contribution is -0.274. The largest absolute Gasteiger partial charge is 0.573 e. The van der Waals surface area contributed by atoms with E-state index in [4.69, 9.17) is 9.47 Å². The summed E-state index contributed by atoms with van der Waals surface area (Å²) in [5, 5.41) is 4.72. The van der Waals surface area contributed by atoms with Crippen LogP contribution in [0.15, 0.2) is 48.5 Å². The molecule has 2 N–H and O–H groups in total. The van der Waals surface area contributed by atoms with Crippen molar-refractivity contribution < 1.29 is 37.0 Å². The van der Waals surface area contributed by atoms with E-state index in [0.717, 1.165) is 17.7 Å². The second-order valence-electron chi connectivity index (χ2n) is 5.74. The molecular formula is C19H19F3N2O5. The highest BCUT2D eigenvalue weighted by molar-refractivity contribution is 6.39. The highest BCUT2D eigenvalue weighted by Gasteiger charge is 2.31. The topological polar surface area (TPSA) is 85.9 Å². The summed E-state index contributed by atoms with van der Waals surface area (Å²) in [6.07, 6.45) is -5.33. The van der Waals surface area contributed by atoms with E-state index >= 15 is 0 Å². The van der Waals surface area contributed by atoms with Crippen LogP contribution in [-0.2, 0) is 14.3 Å². The van der Waals surface area contributed by atoms with Crippen molar-refractivity contribution in [2.24, 2.45) is 0 Å². The lowest BCUT2D eigenvalue weighted by Gasteiger charge is -2.17. The van der Waals surface area contributed by atoms with Crippen molar-refractivity contribution in [3.05, 3.63) is 54.1 Å². The van der Waals surface area contributed by atoms with Crippen molar-refractivity contribution in [1.29, 1.82) is 0 Å². The van der Waals surface area contributed by atoms with Gasteiger partial charge in [-0.15, -0.1) is 13.2 Å². The third-order valence-corrected chi connectivity index (χ3v) is 3.75. The minimum absolute atomic E-state index is 0.0221. The van der Waals surface area contributed by atoms with Crippen molar-refractivity contribution in [2.45, 2.75) is 12.5 Å². The van der Waals surface area contributed by atoms with Crippen molar-refractivity contribution >= 4 is 17.5 Å². The van der Waals surface area contributed by atoms with Crippen molar-refractivity contribution in [3.63, 3.8) is 0 Å². The normalized spacial score (nSPS) is 12.0. The quantitative estimate of drug-likeness (QED) is 0.683. The lowest BCUT2D eigenvalue weighted by Crippen LogP contribution is -2.38. The Balaban J connectivity index is 1.90. The number of carbonyl (C=O) groups is 2. The third-order valence-electron chi connectivity index (χ3n) is 3.75. The molecule has 0 fully saturated rings. The standard InChI is InChI=1S/C19H19F3N2O5/c1-27-15-5-3-4-12(10-15)16(28-2)11-23-17(25)18(26)24-13-6-8-14(9-7-13)29-19(20,21)22/h3-10,16H,11H2,1-2H3,(H,23,25)(H,24,26). The molecular weight excluding hydrogens is 393 g/mol. The van der Waals surface area contributed by atoms with Crippen LogP contribution in [0.2, 0.25) is 0 Å². The Bertz CT molecular complexity index is 840. The van der Waals surface area contributed by atoms with Gasteiger partial charge in [0, 0.05) is 19.3 Å². The molecule has 2 aromatic carbocycles. The SMILES string of the molecule is COc1cccc(C(CNC(=O)C(=O)Nc2ccc(OC(F)(F)F)cc2)OC)c1. The number of methoxy groups -OCH3 is 2. The Kier molecular flexibility index (Phi) is 7.43. The van der Waals surface area contributed by atoms with Crippen LogP contribution in [0, 0.1) is 0 Å². The molecule has 0 aliphatic heterocycles. The number of nitrogens with one attached hydrogen (secondary N) is 2. The zero-order chi connectivity index (χ0) is 21.4. The molecule has 7 nitrogen and oxygen atoms in total. The number of alkyl halides is 3. The van der Waals surface area contributed by atoms with E-state index < -0.39 is 30.0 Å². The molecule has 0 saturated carbocycles. The summed E-state index contributed by atoms with van der Waals surface area (Å²) in [5.41, 5.74) is 0.878. The van der Waals surface area contributed by atoms with Gasteiger partial charge in [0.05, 0.1) is 13.2 Å². The van der Waals surface area contributed by atoms with Gasteiger partial charge in [-0.3, -0.25) is 9.59 Å². The fourth-order valence-electron chi connectivity index (χ4n) is 2.37. The maximum atomic E-state index is 12.1. The molecule has 0 heterocycles. The molecule has 2 rings (SSSR count). The number of rotatable bonds is 7. The van der Waals surface area contributed by atoms with E-state index in [0.29, 0.717) is 5.75 Å². The lowest BCUT2D eigenvalue weighted by atomic mass is 10.1. The van der Waals surface area contributed by atoms with Gasteiger partial charge in [-0.25, -0.2) is 0 Å². The Morgan fingerprint density at radius 3 is 2.28 bits per heavy atom. The molecule has 2 amide bonds. The van der Waals surface area contributed by atoms with Gasteiger partial charge in [0.1, 0.15) is 11.5 Å². The fourth-order valence-corrected chi connectivity index (χ4v) is 2.37. The van der Waals surface area contributed by atoms with Gasteiger partial charge in [-0.05, 0) is 42.0 Å². The van der Waals surface area contributed by atoms with Crippen LogP contribution in [0.1, 0.15) is 11.7 Å². The molecule has 156 valence electrons. The summed E-state index contributed by atoms with van der Waals surface area (Å²) >= 11 is 0. The second-order valence-corrected chi connectivity index (χ2v) is 5.74. The van der Waals surface area contributed by atoms with Gasteiger partial charge in [0.25, 0.3) is 0 Å². The average molecular weight is 412 g/mol. The summed E-state index contributed by atoms with van der Waals surface area (Å²) < 4.78 is 50.6.